The Labute approximate surface area is 367 Å². The van der Waals surface area contributed by atoms with Crippen molar-refractivity contribution < 1.29 is 4.70 Å². The van der Waals surface area contributed by atoms with Crippen molar-refractivity contribution in [2.75, 3.05) is 0 Å². The van der Waals surface area contributed by atoms with Gasteiger partial charge in [-0.05, 0) is 86.8 Å². The summed E-state index contributed by atoms with van der Waals surface area (Å²) in [5.74, 6) is 0. The molecule has 2 aromatic carbocycles. The second-order valence-corrected chi connectivity index (χ2v) is 18.6. The average molecular weight is 807 g/mol. The van der Waals surface area contributed by atoms with E-state index in [1.165, 1.54) is 232 Å². The monoisotopic (exact) mass is 807 g/mol. The Hall–Kier alpha value is -2.48. The van der Waals surface area contributed by atoms with Gasteiger partial charge in [0.05, 0.1) is 0 Å². The van der Waals surface area contributed by atoms with E-state index >= 15 is 0 Å². The summed E-state index contributed by atoms with van der Waals surface area (Å²) in [6.45, 7) is 9.14. The van der Waals surface area contributed by atoms with E-state index in [0.717, 1.165) is 49.9 Å². The summed E-state index contributed by atoms with van der Waals surface area (Å²) in [7, 11) is 0. The van der Waals surface area contributed by atoms with Crippen LogP contribution in [0.1, 0.15) is 275 Å². The maximum atomic E-state index is 12.1. The maximum absolute atomic E-state index is 12.1. The summed E-state index contributed by atoms with van der Waals surface area (Å²) in [5.41, 5.74) is 22.1. The van der Waals surface area contributed by atoms with E-state index in [9.17, 15) is 5.53 Å². The molecular weight excluding hydrogens is 713 g/mol. The van der Waals surface area contributed by atoms with Crippen LogP contribution in [0.3, 0.4) is 0 Å². The molecule has 0 unspecified atom stereocenters. The van der Waals surface area contributed by atoms with E-state index in [2.05, 4.69) is 76.2 Å². The van der Waals surface area contributed by atoms with Gasteiger partial charge in [-0.2, -0.15) is 0 Å². The fourth-order valence-corrected chi connectivity index (χ4v) is 9.44. The zero-order valence-electron chi connectivity index (χ0n) is 39.7. The van der Waals surface area contributed by atoms with Gasteiger partial charge in [-0.25, -0.2) is 4.70 Å². The highest BCUT2D eigenvalue weighted by atomic mass is 15.2. The van der Waals surface area contributed by atoms with Gasteiger partial charge in [0.15, 0.2) is 0 Å². The van der Waals surface area contributed by atoms with Gasteiger partial charge in [-0.1, -0.05) is 238 Å². The number of benzene rings is 2. The van der Waals surface area contributed by atoms with E-state index in [-0.39, 0.29) is 0 Å². The Bertz CT molecular complexity index is 1430. The second kappa shape index (κ2) is 34.1. The molecule has 3 rings (SSSR count). The third-order valence-electron chi connectivity index (χ3n) is 13.2. The molecule has 2 nitrogen and oxygen atoms in total. The maximum Gasteiger partial charge on any atom is 0.211 e. The van der Waals surface area contributed by atoms with Gasteiger partial charge in [0, 0.05) is 22.3 Å². The summed E-state index contributed by atoms with van der Waals surface area (Å²) in [6, 6.07) is 18.1. The summed E-state index contributed by atoms with van der Waals surface area (Å²) >= 11 is 0. The zero-order chi connectivity index (χ0) is 42.0. The molecule has 332 valence electrons. The van der Waals surface area contributed by atoms with Gasteiger partial charge in [0.25, 0.3) is 0 Å². The minimum Gasteiger partial charge on any atom is -0.493 e. The summed E-state index contributed by atoms with van der Waals surface area (Å²) in [5, 5.41) is 0. The number of allylic oxidation sites excluding steroid dienone is 2. The molecule has 0 aliphatic carbocycles. The first-order valence-corrected chi connectivity index (χ1v) is 26.3. The molecule has 1 heterocycles. The van der Waals surface area contributed by atoms with Crippen LogP contribution in [-0.2, 0) is 12.8 Å². The van der Waals surface area contributed by atoms with E-state index in [0.29, 0.717) is 0 Å². The van der Waals surface area contributed by atoms with Gasteiger partial charge in [0.2, 0.25) is 11.4 Å². The topological polar surface area (TPSA) is 25.3 Å². The lowest BCUT2D eigenvalue weighted by Gasteiger charge is -2.11. The SMILES string of the molecule is CCCCCCCCCCCCCCCCCCCCCCCCCCCCCC1=C(c2cccc(CCCC)c2)[N+](=[N-])C(c2cccc(CCCC)c2)=C1CCCC. The fraction of sp³-hybridized carbons (Fsp3) is 0.719. The number of nitrogens with zero attached hydrogens (tertiary/aromatic N) is 2. The van der Waals surface area contributed by atoms with Crippen molar-refractivity contribution >= 4 is 11.4 Å². The van der Waals surface area contributed by atoms with Gasteiger partial charge in [-0.15, -0.1) is 0 Å². The first-order chi connectivity index (χ1) is 29.1. The molecule has 0 bridgehead atoms. The van der Waals surface area contributed by atoms with Crippen molar-refractivity contribution in [3.63, 3.8) is 0 Å². The van der Waals surface area contributed by atoms with E-state index in [4.69, 9.17) is 0 Å². The average Bonchev–Trinajstić information content (AvgIpc) is 3.53. The van der Waals surface area contributed by atoms with Gasteiger partial charge in [-0.3, -0.25) is 0 Å². The van der Waals surface area contributed by atoms with Crippen molar-refractivity contribution in [1.82, 2.24) is 0 Å². The Morgan fingerprint density at radius 3 is 0.915 bits per heavy atom. The highest BCUT2D eigenvalue weighted by molar-refractivity contribution is 5.82. The molecule has 0 saturated heterocycles. The molecule has 2 aromatic rings. The normalized spacial score (nSPS) is 13.1. The van der Waals surface area contributed by atoms with Crippen LogP contribution in [0, 0.1) is 0 Å². The van der Waals surface area contributed by atoms with Crippen molar-refractivity contribution in [2.24, 2.45) is 0 Å². The Balaban J connectivity index is 1.33. The van der Waals surface area contributed by atoms with Crippen LogP contribution < -0.4 is 0 Å². The molecule has 1 aliphatic rings. The van der Waals surface area contributed by atoms with Crippen LogP contribution in [0.2, 0.25) is 0 Å². The molecule has 0 spiro atoms. The molecule has 0 atom stereocenters. The summed E-state index contributed by atoms with van der Waals surface area (Å²) in [4.78, 5) is 0. The van der Waals surface area contributed by atoms with Crippen molar-refractivity contribution in [2.45, 2.75) is 265 Å². The lowest BCUT2D eigenvalue weighted by atomic mass is 9.91. The smallest absolute Gasteiger partial charge is 0.211 e. The minimum atomic E-state index is 1.02. The third kappa shape index (κ3) is 21.2. The molecule has 0 saturated carbocycles. The Morgan fingerprint density at radius 1 is 0.322 bits per heavy atom. The van der Waals surface area contributed by atoms with E-state index in [1.807, 2.05) is 0 Å². The van der Waals surface area contributed by atoms with Gasteiger partial charge < -0.3 is 5.53 Å². The molecule has 2 heteroatoms. The predicted octanol–water partition coefficient (Wildman–Crippen LogP) is 19.7. The van der Waals surface area contributed by atoms with Crippen LogP contribution in [0.5, 0.6) is 0 Å². The number of hydrogen-bond donors (Lipinski definition) is 0. The fourth-order valence-electron chi connectivity index (χ4n) is 9.44. The first-order valence-electron chi connectivity index (χ1n) is 26.3. The summed E-state index contributed by atoms with van der Waals surface area (Å²) in [6.07, 6.45) is 49.9. The van der Waals surface area contributed by atoms with Crippen LogP contribution in [0.15, 0.2) is 59.7 Å². The lowest BCUT2D eigenvalue weighted by Crippen LogP contribution is -2.03. The van der Waals surface area contributed by atoms with Crippen molar-refractivity contribution in [3.8, 4) is 0 Å². The summed E-state index contributed by atoms with van der Waals surface area (Å²) < 4.78 is 1.60. The molecule has 1 aliphatic heterocycles. The van der Waals surface area contributed by atoms with Crippen LogP contribution in [0.25, 0.3) is 16.9 Å². The van der Waals surface area contributed by atoms with Crippen LogP contribution in [-0.4, -0.2) is 4.70 Å². The lowest BCUT2D eigenvalue weighted by molar-refractivity contribution is -0.345. The largest absolute Gasteiger partial charge is 0.493 e. The molecule has 59 heavy (non-hydrogen) atoms. The second-order valence-electron chi connectivity index (χ2n) is 18.6. The molecule has 0 fully saturated rings. The van der Waals surface area contributed by atoms with Crippen LogP contribution >= 0.6 is 0 Å². The quantitative estimate of drug-likeness (QED) is 0.0475. The van der Waals surface area contributed by atoms with Crippen LogP contribution in [0.4, 0.5) is 0 Å². The van der Waals surface area contributed by atoms with Gasteiger partial charge in [0.1, 0.15) is 0 Å². The number of hydrogen-bond acceptors (Lipinski definition) is 0. The predicted molar refractivity (Wildman–Crippen MR) is 262 cm³/mol. The van der Waals surface area contributed by atoms with E-state index < -0.39 is 0 Å². The highest BCUT2D eigenvalue weighted by Crippen LogP contribution is 2.45. The Morgan fingerprint density at radius 2 is 0.593 bits per heavy atom. The molecule has 0 radical (unpaired) electrons. The molecule has 0 N–H and O–H groups in total. The number of aryl methyl sites for hydroxylation is 2. The van der Waals surface area contributed by atoms with Crippen molar-refractivity contribution in [3.05, 3.63) is 87.5 Å². The zero-order valence-corrected chi connectivity index (χ0v) is 39.7. The minimum absolute atomic E-state index is 1.02. The standard InChI is InChI=1S/C57H94N2/c1-5-9-13-14-15-16-17-18-19-20-21-22-23-24-25-26-27-28-29-30-31-32-33-34-35-36-37-47-55-54(46-12-8-4)56(52-44-38-42-50(48-52)40-10-6-2)59(58)57(55)53-45-39-43-51(49-53)41-11-7-3/h38-39,42-45,48-49H,5-37,40-41,46-47H2,1-4H3. The number of unbranched alkanes of at least 4 members (excludes halogenated alkanes) is 29. The highest BCUT2D eigenvalue weighted by Gasteiger charge is 2.35. The third-order valence-corrected chi connectivity index (χ3v) is 13.2. The Kier molecular flexibility index (Phi) is 29.4. The number of rotatable bonds is 39. The van der Waals surface area contributed by atoms with Gasteiger partial charge >= 0.3 is 0 Å². The first kappa shape index (κ1) is 50.9. The molecular formula is C57H94N2. The van der Waals surface area contributed by atoms with Crippen molar-refractivity contribution in [1.29, 1.82) is 0 Å². The molecule has 0 amide bonds. The molecule has 0 aromatic heterocycles. The van der Waals surface area contributed by atoms with E-state index in [1.54, 1.807) is 4.70 Å².